The third kappa shape index (κ3) is 11.2. The Morgan fingerprint density at radius 1 is 1.17 bits per heavy atom. The number of nitrogens with one attached hydrogen (secondary N) is 3. The number of aliphatic carboxylic acids is 1. The maximum Gasteiger partial charge on any atom is 0.314 e. The minimum absolute atomic E-state index is 0.0749. The van der Waals surface area contributed by atoms with Gasteiger partial charge < -0.3 is 21.1 Å². The van der Waals surface area contributed by atoms with Crippen LogP contribution in [0, 0.1) is 0 Å². The van der Waals surface area contributed by atoms with E-state index in [1.165, 1.54) is 0 Å². The molecule has 4 N–H and O–H groups in total. The summed E-state index contributed by atoms with van der Waals surface area (Å²) in [6.07, 6.45) is 3.67. The Morgan fingerprint density at radius 3 is 2.44 bits per heavy atom. The number of rotatable bonds is 10. The molecule has 0 fully saturated rings. The average molecular weight is 259 g/mol. The molecule has 0 heterocycles. The van der Waals surface area contributed by atoms with Crippen LogP contribution in [-0.4, -0.2) is 43.3 Å². The van der Waals surface area contributed by atoms with Gasteiger partial charge in [0.15, 0.2) is 0 Å². The molecule has 2 amide bonds. The fourth-order valence-electron chi connectivity index (χ4n) is 1.49. The van der Waals surface area contributed by atoms with E-state index in [1.807, 2.05) is 7.05 Å². The second-order valence-electron chi connectivity index (χ2n) is 4.40. The Bertz CT molecular complexity index is 247. The van der Waals surface area contributed by atoms with Gasteiger partial charge in [0, 0.05) is 19.0 Å². The van der Waals surface area contributed by atoms with Crippen LogP contribution in [0.2, 0.25) is 0 Å². The first kappa shape index (κ1) is 16.7. The van der Waals surface area contributed by atoms with Gasteiger partial charge in [-0.05, 0) is 39.8 Å². The lowest BCUT2D eigenvalue weighted by atomic mass is 10.2. The lowest BCUT2D eigenvalue weighted by Gasteiger charge is -2.13. The van der Waals surface area contributed by atoms with Crippen LogP contribution >= 0.6 is 0 Å². The first-order valence-electron chi connectivity index (χ1n) is 6.47. The molecule has 0 radical (unpaired) electrons. The SMILES string of the molecule is CNCCCCCNC(=O)N[C@H](C)CCC(=O)O. The zero-order valence-electron chi connectivity index (χ0n) is 11.3. The van der Waals surface area contributed by atoms with Gasteiger partial charge in [0.05, 0.1) is 0 Å². The van der Waals surface area contributed by atoms with Crippen molar-refractivity contribution < 1.29 is 14.7 Å². The molecule has 0 aliphatic heterocycles. The van der Waals surface area contributed by atoms with Gasteiger partial charge in [0.2, 0.25) is 0 Å². The van der Waals surface area contributed by atoms with E-state index in [0.29, 0.717) is 13.0 Å². The highest BCUT2D eigenvalue weighted by molar-refractivity contribution is 5.74. The Morgan fingerprint density at radius 2 is 1.83 bits per heavy atom. The molecule has 0 rings (SSSR count). The highest BCUT2D eigenvalue weighted by Gasteiger charge is 2.08. The van der Waals surface area contributed by atoms with Crippen molar-refractivity contribution >= 4 is 12.0 Å². The maximum atomic E-state index is 11.4. The second-order valence-corrected chi connectivity index (χ2v) is 4.40. The van der Waals surface area contributed by atoms with Crippen LogP contribution in [0.25, 0.3) is 0 Å². The molecule has 6 heteroatoms. The molecular formula is C12H25N3O3. The molecule has 1 atom stereocenters. The third-order valence-electron chi connectivity index (χ3n) is 2.56. The van der Waals surface area contributed by atoms with E-state index in [2.05, 4.69) is 16.0 Å². The zero-order chi connectivity index (χ0) is 13.8. The Hall–Kier alpha value is -1.30. The molecule has 6 nitrogen and oxygen atoms in total. The van der Waals surface area contributed by atoms with Crippen LogP contribution in [0.3, 0.4) is 0 Å². The van der Waals surface area contributed by atoms with Crippen LogP contribution in [0.4, 0.5) is 4.79 Å². The van der Waals surface area contributed by atoms with Crippen molar-refractivity contribution in [3.05, 3.63) is 0 Å². The average Bonchev–Trinajstić information content (AvgIpc) is 2.31. The van der Waals surface area contributed by atoms with Crippen molar-refractivity contribution in [1.82, 2.24) is 16.0 Å². The number of unbranched alkanes of at least 4 members (excludes halogenated alkanes) is 2. The van der Waals surface area contributed by atoms with E-state index in [0.717, 1.165) is 25.8 Å². The van der Waals surface area contributed by atoms with Gasteiger partial charge in [0.25, 0.3) is 0 Å². The predicted octanol–water partition coefficient (Wildman–Crippen LogP) is 0.929. The lowest BCUT2D eigenvalue weighted by molar-refractivity contribution is -0.137. The van der Waals surface area contributed by atoms with Crippen LogP contribution in [0.5, 0.6) is 0 Å². The summed E-state index contributed by atoms with van der Waals surface area (Å²) < 4.78 is 0. The molecule has 0 aliphatic rings. The topological polar surface area (TPSA) is 90.5 Å². The molecule has 0 aromatic carbocycles. The van der Waals surface area contributed by atoms with Crippen LogP contribution in [0.15, 0.2) is 0 Å². The number of carboxylic acids is 1. The fourth-order valence-corrected chi connectivity index (χ4v) is 1.49. The molecule has 0 aromatic heterocycles. The number of urea groups is 1. The van der Waals surface area contributed by atoms with E-state index in [9.17, 15) is 9.59 Å². The smallest absolute Gasteiger partial charge is 0.314 e. The van der Waals surface area contributed by atoms with Crippen molar-refractivity contribution in [3.8, 4) is 0 Å². The molecule has 106 valence electrons. The number of hydrogen-bond acceptors (Lipinski definition) is 3. The minimum atomic E-state index is -0.839. The van der Waals surface area contributed by atoms with Crippen LogP contribution in [-0.2, 0) is 4.79 Å². The molecule has 0 saturated carbocycles. The first-order chi connectivity index (χ1) is 8.56. The molecule has 0 aromatic rings. The summed E-state index contributed by atoms with van der Waals surface area (Å²) in [6.45, 7) is 3.45. The summed E-state index contributed by atoms with van der Waals surface area (Å²) >= 11 is 0. The van der Waals surface area contributed by atoms with Gasteiger partial charge in [-0.15, -0.1) is 0 Å². The summed E-state index contributed by atoms with van der Waals surface area (Å²) in [5.74, 6) is -0.839. The number of carboxylic acid groups (broad SMARTS) is 1. The summed E-state index contributed by atoms with van der Waals surface area (Å²) in [4.78, 5) is 21.8. The van der Waals surface area contributed by atoms with Crippen LogP contribution < -0.4 is 16.0 Å². The Labute approximate surface area is 109 Å². The molecule has 18 heavy (non-hydrogen) atoms. The van der Waals surface area contributed by atoms with Crippen molar-refractivity contribution in [2.45, 2.75) is 45.1 Å². The summed E-state index contributed by atoms with van der Waals surface area (Å²) in [6, 6.07) is -0.341. The molecule has 0 bridgehead atoms. The Kier molecular flexibility index (Phi) is 10.0. The van der Waals surface area contributed by atoms with Gasteiger partial charge in [-0.3, -0.25) is 4.79 Å². The molecule has 0 spiro atoms. The highest BCUT2D eigenvalue weighted by atomic mass is 16.4. The van der Waals surface area contributed by atoms with Gasteiger partial charge in [-0.2, -0.15) is 0 Å². The van der Waals surface area contributed by atoms with E-state index in [-0.39, 0.29) is 18.5 Å². The van der Waals surface area contributed by atoms with Gasteiger partial charge >= 0.3 is 12.0 Å². The van der Waals surface area contributed by atoms with E-state index in [4.69, 9.17) is 5.11 Å². The standard InChI is InChI=1S/C12H25N3O3/c1-10(6-7-11(16)17)15-12(18)14-9-5-3-4-8-13-2/h10,13H,3-9H2,1-2H3,(H,16,17)(H2,14,15,18)/t10-/m1/s1. The normalized spacial score (nSPS) is 11.9. The summed E-state index contributed by atoms with van der Waals surface area (Å²) in [5, 5.41) is 17.0. The molecule has 0 saturated heterocycles. The molecular weight excluding hydrogens is 234 g/mol. The zero-order valence-corrected chi connectivity index (χ0v) is 11.3. The minimum Gasteiger partial charge on any atom is -0.481 e. The van der Waals surface area contributed by atoms with Gasteiger partial charge in [0.1, 0.15) is 0 Å². The highest BCUT2D eigenvalue weighted by Crippen LogP contribution is 1.96. The Balaban J connectivity index is 3.44. The second kappa shape index (κ2) is 10.8. The summed E-state index contributed by atoms with van der Waals surface area (Å²) in [5.41, 5.74) is 0. The van der Waals surface area contributed by atoms with Crippen molar-refractivity contribution in [2.24, 2.45) is 0 Å². The number of hydrogen-bond donors (Lipinski definition) is 4. The maximum absolute atomic E-state index is 11.4. The van der Waals surface area contributed by atoms with Crippen molar-refractivity contribution in [3.63, 3.8) is 0 Å². The summed E-state index contributed by atoms with van der Waals surface area (Å²) in [7, 11) is 1.92. The van der Waals surface area contributed by atoms with E-state index >= 15 is 0 Å². The van der Waals surface area contributed by atoms with Crippen molar-refractivity contribution in [2.75, 3.05) is 20.1 Å². The fraction of sp³-hybridized carbons (Fsp3) is 0.833. The van der Waals surface area contributed by atoms with Crippen molar-refractivity contribution in [1.29, 1.82) is 0 Å². The predicted molar refractivity (Wildman–Crippen MR) is 70.6 cm³/mol. The first-order valence-corrected chi connectivity index (χ1v) is 6.47. The quantitative estimate of drug-likeness (QED) is 0.439. The number of carbonyl (C=O) groups is 2. The van der Waals surface area contributed by atoms with Gasteiger partial charge in [-0.25, -0.2) is 4.79 Å². The van der Waals surface area contributed by atoms with Gasteiger partial charge in [-0.1, -0.05) is 6.42 Å². The van der Waals surface area contributed by atoms with E-state index in [1.54, 1.807) is 6.92 Å². The number of amides is 2. The van der Waals surface area contributed by atoms with Crippen LogP contribution in [0.1, 0.15) is 39.0 Å². The third-order valence-corrected chi connectivity index (χ3v) is 2.56. The largest absolute Gasteiger partial charge is 0.481 e. The monoisotopic (exact) mass is 259 g/mol. The lowest BCUT2D eigenvalue weighted by Crippen LogP contribution is -2.41. The molecule has 0 aliphatic carbocycles. The number of carbonyl (C=O) groups excluding carboxylic acids is 1. The molecule has 0 unspecified atom stereocenters. The van der Waals surface area contributed by atoms with E-state index < -0.39 is 5.97 Å².